The lowest BCUT2D eigenvalue weighted by Gasteiger charge is -2.37. The molecule has 7 heteroatoms. The zero-order valence-corrected chi connectivity index (χ0v) is 18.2. The molecule has 3 heterocycles. The van der Waals surface area contributed by atoms with E-state index in [1.165, 1.54) is 24.0 Å². The van der Waals surface area contributed by atoms with E-state index in [2.05, 4.69) is 63.5 Å². The maximum absolute atomic E-state index is 4.77. The van der Waals surface area contributed by atoms with Gasteiger partial charge in [-0.15, -0.1) is 0 Å². The predicted octanol–water partition coefficient (Wildman–Crippen LogP) is 4.61. The number of benzene rings is 2. The van der Waals surface area contributed by atoms with Crippen LogP contribution in [0.3, 0.4) is 0 Å². The maximum Gasteiger partial charge on any atom is 0.233 e. The Morgan fingerprint density at radius 2 is 1.32 bits per heavy atom. The van der Waals surface area contributed by atoms with Crippen molar-refractivity contribution in [3.63, 3.8) is 0 Å². The van der Waals surface area contributed by atoms with Gasteiger partial charge in [0.05, 0.1) is 6.67 Å². The summed E-state index contributed by atoms with van der Waals surface area (Å²) in [4.78, 5) is 19.0. The first-order valence-corrected chi connectivity index (χ1v) is 11.0. The lowest BCUT2D eigenvalue weighted by atomic mass is 10.1. The van der Waals surface area contributed by atoms with Gasteiger partial charge < -0.3 is 15.5 Å². The molecule has 2 fully saturated rings. The molecule has 1 atom stereocenters. The van der Waals surface area contributed by atoms with Gasteiger partial charge in [0, 0.05) is 30.5 Å². The van der Waals surface area contributed by atoms with Crippen LogP contribution in [0.15, 0.2) is 48.5 Å². The van der Waals surface area contributed by atoms with Gasteiger partial charge in [-0.1, -0.05) is 35.4 Å². The van der Waals surface area contributed by atoms with Crippen molar-refractivity contribution in [2.45, 2.75) is 39.2 Å². The lowest BCUT2D eigenvalue weighted by Crippen LogP contribution is -2.48. The van der Waals surface area contributed by atoms with Crippen molar-refractivity contribution in [1.29, 1.82) is 0 Å². The van der Waals surface area contributed by atoms with Crippen LogP contribution in [0.1, 0.15) is 30.4 Å². The molecule has 0 aliphatic carbocycles. The minimum Gasteiger partial charge on any atom is -0.328 e. The smallest absolute Gasteiger partial charge is 0.233 e. The van der Waals surface area contributed by atoms with Crippen molar-refractivity contribution in [3.8, 4) is 0 Å². The van der Waals surface area contributed by atoms with Gasteiger partial charge in [-0.2, -0.15) is 15.0 Å². The molecule has 0 saturated carbocycles. The van der Waals surface area contributed by atoms with Crippen LogP contribution in [0, 0.1) is 13.8 Å². The molecule has 2 saturated heterocycles. The van der Waals surface area contributed by atoms with Crippen LogP contribution >= 0.6 is 0 Å². The first-order valence-electron chi connectivity index (χ1n) is 11.0. The molecule has 1 unspecified atom stereocenters. The number of hydrogen-bond donors (Lipinski definition) is 2. The molecule has 2 aliphatic rings. The average Bonchev–Trinajstić information content (AvgIpc) is 3.25. The minimum atomic E-state index is 0.548. The number of nitrogens with zero attached hydrogens (tertiary/aromatic N) is 5. The van der Waals surface area contributed by atoms with E-state index < -0.39 is 0 Å². The zero-order valence-electron chi connectivity index (χ0n) is 18.2. The first kappa shape index (κ1) is 19.8. The van der Waals surface area contributed by atoms with Crippen molar-refractivity contribution in [3.05, 3.63) is 59.7 Å². The zero-order chi connectivity index (χ0) is 21.2. The van der Waals surface area contributed by atoms with Gasteiger partial charge in [-0.25, -0.2) is 0 Å². The summed E-state index contributed by atoms with van der Waals surface area (Å²) in [5, 5.41) is 6.70. The van der Waals surface area contributed by atoms with Crippen molar-refractivity contribution in [2.24, 2.45) is 0 Å². The Morgan fingerprint density at radius 1 is 0.742 bits per heavy atom. The van der Waals surface area contributed by atoms with Crippen LogP contribution in [0.5, 0.6) is 0 Å². The molecule has 31 heavy (non-hydrogen) atoms. The number of anilines is 5. The predicted molar refractivity (Wildman–Crippen MR) is 125 cm³/mol. The highest BCUT2D eigenvalue weighted by Crippen LogP contribution is 2.28. The largest absolute Gasteiger partial charge is 0.328 e. The molecular formula is C24H29N7. The molecule has 160 valence electrons. The molecule has 3 aromatic rings. The first-order chi connectivity index (χ1) is 15.1. The van der Waals surface area contributed by atoms with E-state index >= 15 is 0 Å². The van der Waals surface area contributed by atoms with Crippen LogP contribution in [-0.2, 0) is 0 Å². The van der Waals surface area contributed by atoms with Gasteiger partial charge in [-0.05, 0) is 57.4 Å². The molecule has 7 nitrogen and oxygen atoms in total. The number of hydrogen-bond acceptors (Lipinski definition) is 7. The van der Waals surface area contributed by atoms with Crippen LogP contribution in [-0.4, -0.2) is 45.7 Å². The summed E-state index contributed by atoms with van der Waals surface area (Å²) in [6.45, 7) is 7.17. The molecule has 1 aromatic heterocycles. The fourth-order valence-electron chi connectivity index (χ4n) is 4.32. The Balaban J connectivity index is 1.43. The molecule has 2 aromatic carbocycles. The highest BCUT2D eigenvalue weighted by Gasteiger charge is 2.31. The number of nitrogens with one attached hydrogen (secondary N) is 2. The fourth-order valence-corrected chi connectivity index (χ4v) is 4.32. The summed E-state index contributed by atoms with van der Waals surface area (Å²) in [6.07, 6.45) is 3.76. The molecule has 0 bridgehead atoms. The summed E-state index contributed by atoms with van der Waals surface area (Å²) >= 11 is 0. The number of rotatable bonds is 5. The fraction of sp³-hybridized carbons (Fsp3) is 0.375. The summed E-state index contributed by atoms with van der Waals surface area (Å²) in [7, 11) is 0. The van der Waals surface area contributed by atoms with E-state index in [9.17, 15) is 0 Å². The summed E-state index contributed by atoms with van der Waals surface area (Å²) in [5.41, 5.74) is 4.36. The topological polar surface area (TPSA) is 69.2 Å². The van der Waals surface area contributed by atoms with E-state index in [0.717, 1.165) is 37.6 Å². The van der Waals surface area contributed by atoms with Gasteiger partial charge in [-0.3, -0.25) is 4.90 Å². The second kappa shape index (κ2) is 8.51. The van der Waals surface area contributed by atoms with E-state index in [0.29, 0.717) is 23.9 Å². The van der Waals surface area contributed by atoms with Gasteiger partial charge in [0.2, 0.25) is 17.8 Å². The van der Waals surface area contributed by atoms with E-state index in [1.807, 2.05) is 24.3 Å². The molecule has 0 spiro atoms. The summed E-state index contributed by atoms with van der Waals surface area (Å²) in [5.74, 6) is 1.81. The number of aromatic nitrogens is 3. The second-order valence-electron chi connectivity index (χ2n) is 8.57. The van der Waals surface area contributed by atoms with Crippen LogP contribution in [0.4, 0.5) is 29.2 Å². The molecule has 0 amide bonds. The molecular weight excluding hydrogens is 386 g/mol. The third-order valence-electron chi connectivity index (χ3n) is 6.11. The molecule has 0 radical (unpaired) electrons. The Hall–Kier alpha value is -3.19. The Morgan fingerprint density at radius 3 is 1.90 bits per heavy atom. The quantitative estimate of drug-likeness (QED) is 0.631. The van der Waals surface area contributed by atoms with E-state index in [4.69, 9.17) is 9.97 Å². The van der Waals surface area contributed by atoms with E-state index in [1.54, 1.807) is 0 Å². The van der Waals surface area contributed by atoms with Gasteiger partial charge in [0.15, 0.2) is 0 Å². The Kier molecular flexibility index (Phi) is 5.42. The third kappa shape index (κ3) is 4.61. The highest BCUT2D eigenvalue weighted by molar-refractivity contribution is 5.60. The van der Waals surface area contributed by atoms with Crippen molar-refractivity contribution < 1.29 is 0 Å². The van der Waals surface area contributed by atoms with E-state index in [-0.39, 0.29) is 0 Å². The number of aryl methyl sites for hydroxylation is 2. The van der Waals surface area contributed by atoms with Gasteiger partial charge in [0.25, 0.3) is 0 Å². The maximum atomic E-state index is 4.77. The van der Waals surface area contributed by atoms with Crippen LogP contribution in [0.2, 0.25) is 0 Å². The van der Waals surface area contributed by atoms with Crippen molar-refractivity contribution in [2.75, 3.05) is 35.3 Å². The monoisotopic (exact) mass is 415 g/mol. The number of fused-ring (bicyclic) bond motifs is 1. The molecule has 2 aliphatic heterocycles. The van der Waals surface area contributed by atoms with Crippen molar-refractivity contribution >= 4 is 29.2 Å². The Bertz CT molecular complexity index is 967. The standard InChI is InChI=1S/C24H29N7/c1-17-5-9-19(10-6-17)25-22-27-23(26-20-11-7-18(2)8-12-20)29-24(28-22)31-15-13-21-4-3-14-30(21)16-31/h5-12,21H,3-4,13-16H2,1-2H3,(H2,25,26,27,28,29). The van der Waals surface area contributed by atoms with Crippen molar-refractivity contribution in [1.82, 2.24) is 19.9 Å². The Labute approximate surface area is 183 Å². The third-order valence-corrected chi connectivity index (χ3v) is 6.11. The second-order valence-corrected chi connectivity index (χ2v) is 8.57. The van der Waals surface area contributed by atoms with Crippen LogP contribution in [0.25, 0.3) is 0 Å². The normalized spacial score (nSPS) is 18.6. The average molecular weight is 416 g/mol. The summed E-state index contributed by atoms with van der Waals surface area (Å²) in [6, 6.07) is 17.2. The lowest BCUT2D eigenvalue weighted by molar-refractivity contribution is 0.209. The van der Waals surface area contributed by atoms with Gasteiger partial charge in [0.1, 0.15) is 0 Å². The van der Waals surface area contributed by atoms with Gasteiger partial charge >= 0.3 is 0 Å². The highest BCUT2D eigenvalue weighted by atomic mass is 15.4. The molecule has 2 N–H and O–H groups in total. The molecule has 5 rings (SSSR count). The SMILES string of the molecule is Cc1ccc(Nc2nc(Nc3ccc(C)cc3)nc(N3CCC4CCCN4C3)n2)cc1. The minimum absolute atomic E-state index is 0.548. The van der Waals surface area contributed by atoms with Crippen LogP contribution < -0.4 is 15.5 Å². The summed E-state index contributed by atoms with van der Waals surface area (Å²) < 4.78 is 0.